The molecule has 1 aromatic heterocycles. The van der Waals surface area contributed by atoms with Crippen molar-refractivity contribution in [3.05, 3.63) is 98.5 Å². The van der Waals surface area contributed by atoms with Crippen LogP contribution in [-0.2, 0) is 22.7 Å². The average molecular weight is 477 g/mol. The number of rotatable bonds is 7. The fourth-order valence-corrected chi connectivity index (χ4v) is 3.82. The maximum absolute atomic E-state index is 15.5. The first kappa shape index (κ1) is 24.1. The minimum Gasteiger partial charge on any atom is -0.386 e. The van der Waals surface area contributed by atoms with Crippen LogP contribution in [-0.4, -0.2) is 26.5 Å². The molecule has 0 radical (unpaired) electrons. The fraction of sp³-hybridized carbons (Fsp3) is 0.250. The van der Waals surface area contributed by atoms with Gasteiger partial charge in [-0.2, -0.15) is 0 Å². The summed E-state index contributed by atoms with van der Waals surface area (Å²) in [5.74, 6) is -0.768. The first-order valence-electron chi connectivity index (χ1n) is 9.81. The van der Waals surface area contributed by atoms with Crippen LogP contribution >= 0.6 is 23.2 Å². The number of pyridine rings is 1. The number of hydrogen-bond donors (Lipinski definition) is 2. The highest BCUT2D eigenvalue weighted by atomic mass is 35.5. The Bertz CT molecular complexity index is 1090. The number of aromatic nitrogens is 1. The van der Waals surface area contributed by atoms with E-state index in [1.165, 1.54) is 32.2 Å². The van der Waals surface area contributed by atoms with E-state index in [0.717, 1.165) is 11.0 Å². The lowest BCUT2D eigenvalue weighted by molar-refractivity contribution is -0.142. The van der Waals surface area contributed by atoms with Gasteiger partial charge < -0.3 is 15.1 Å². The van der Waals surface area contributed by atoms with Crippen molar-refractivity contribution < 1.29 is 19.4 Å². The largest absolute Gasteiger partial charge is 0.386 e. The Morgan fingerprint density at radius 3 is 2.16 bits per heavy atom. The molecule has 0 saturated carbocycles. The van der Waals surface area contributed by atoms with Gasteiger partial charge in [-0.15, -0.1) is 0 Å². The quantitative estimate of drug-likeness (QED) is 0.375. The zero-order valence-electron chi connectivity index (χ0n) is 17.8. The maximum Gasteiger partial charge on any atom is 0.212 e. The van der Waals surface area contributed by atoms with E-state index in [4.69, 9.17) is 23.2 Å². The van der Waals surface area contributed by atoms with E-state index in [-0.39, 0.29) is 17.7 Å². The van der Waals surface area contributed by atoms with Gasteiger partial charge in [-0.25, -0.2) is 4.39 Å². The zero-order valence-corrected chi connectivity index (χ0v) is 19.3. The first-order chi connectivity index (χ1) is 15.0. The molecule has 2 aromatic carbocycles. The van der Waals surface area contributed by atoms with Gasteiger partial charge in [-0.3, -0.25) is 9.78 Å². The zero-order chi connectivity index (χ0) is 23.7. The highest BCUT2D eigenvalue weighted by Gasteiger charge is 2.42. The number of carbonyl (C=O) groups is 1. The standard InChI is InChI=1S/C24H23Cl2FN2O3/c1-15-10-17(23(2,3)31)11-21(27)22(15)24(32,16-4-6-18(25)7-5-16)29(14-30)13-20-9-8-19(26)12-28-20/h4-12,14,31-32H,13H2,1-3H3. The Balaban J connectivity index is 2.22. The van der Waals surface area contributed by atoms with Gasteiger partial charge in [0.05, 0.1) is 22.9 Å². The third-order valence-corrected chi connectivity index (χ3v) is 5.73. The summed E-state index contributed by atoms with van der Waals surface area (Å²) in [5.41, 5.74) is -2.21. The van der Waals surface area contributed by atoms with E-state index in [1.807, 2.05) is 0 Å². The van der Waals surface area contributed by atoms with Crippen molar-refractivity contribution in [1.29, 1.82) is 0 Å². The summed E-state index contributed by atoms with van der Waals surface area (Å²) in [7, 11) is 0. The maximum atomic E-state index is 15.5. The highest BCUT2D eigenvalue weighted by molar-refractivity contribution is 6.30. The molecule has 0 fully saturated rings. The minimum absolute atomic E-state index is 0.117. The number of halogens is 3. The lowest BCUT2D eigenvalue weighted by Crippen LogP contribution is -2.47. The van der Waals surface area contributed by atoms with Crippen LogP contribution in [0.5, 0.6) is 0 Å². The van der Waals surface area contributed by atoms with Crippen molar-refractivity contribution in [3.63, 3.8) is 0 Å². The van der Waals surface area contributed by atoms with Crippen molar-refractivity contribution in [3.8, 4) is 0 Å². The lowest BCUT2D eigenvalue weighted by atomic mass is 9.86. The second-order valence-electron chi connectivity index (χ2n) is 8.09. The van der Waals surface area contributed by atoms with Crippen LogP contribution in [0.1, 0.15) is 41.8 Å². The van der Waals surface area contributed by atoms with E-state index < -0.39 is 17.1 Å². The van der Waals surface area contributed by atoms with E-state index in [2.05, 4.69) is 4.98 Å². The van der Waals surface area contributed by atoms with Gasteiger partial charge in [0.25, 0.3) is 0 Å². The number of aryl methyl sites for hydroxylation is 1. The van der Waals surface area contributed by atoms with Gasteiger partial charge in [-0.1, -0.05) is 41.4 Å². The molecule has 3 rings (SSSR count). The molecule has 168 valence electrons. The summed E-state index contributed by atoms with van der Waals surface area (Å²) >= 11 is 11.9. The lowest BCUT2D eigenvalue weighted by Gasteiger charge is -2.39. The van der Waals surface area contributed by atoms with Crippen molar-refractivity contribution in [2.24, 2.45) is 0 Å². The van der Waals surface area contributed by atoms with Gasteiger partial charge in [-0.05, 0) is 62.2 Å². The Kier molecular flexibility index (Phi) is 6.91. The molecule has 0 bridgehead atoms. The SMILES string of the molecule is Cc1cc(C(C)(C)O)cc(F)c1C(O)(c1ccc(Cl)cc1)N(C=O)Cc1ccc(Cl)cn1. The molecule has 0 aliphatic heterocycles. The highest BCUT2D eigenvalue weighted by Crippen LogP contribution is 2.39. The third-order valence-electron chi connectivity index (χ3n) is 5.25. The van der Waals surface area contributed by atoms with E-state index in [9.17, 15) is 15.0 Å². The molecule has 32 heavy (non-hydrogen) atoms. The van der Waals surface area contributed by atoms with E-state index in [0.29, 0.717) is 33.3 Å². The average Bonchev–Trinajstić information content (AvgIpc) is 2.72. The third kappa shape index (κ3) is 4.79. The van der Waals surface area contributed by atoms with Crippen molar-refractivity contribution in [2.75, 3.05) is 0 Å². The van der Waals surface area contributed by atoms with Crippen LogP contribution < -0.4 is 0 Å². The summed E-state index contributed by atoms with van der Waals surface area (Å²) in [6, 6.07) is 12.1. The van der Waals surface area contributed by atoms with Gasteiger partial charge in [0.1, 0.15) is 5.82 Å². The molecule has 0 aliphatic rings. The van der Waals surface area contributed by atoms with Crippen LogP contribution in [0.4, 0.5) is 4.39 Å². The van der Waals surface area contributed by atoms with E-state index >= 15 is 4.39 Å². The summed E-state index contributed by atoms with van der Waals surface area (Å²) in [4.78, 5) is 17.4. The number of amides is 1. The molecular formula is C24H23Cl2FN2O3. The smallest absolute Gasteiger partial charge is 0.212 e. The fourth-order valence-electron chi connectivity index (χ4n) is 3.58. The monoisotopic (exact) mass is 476 g/mol. The molecule has 0 spiro atoms. The molecule has 1 unspecified atom stereocenters. The molecule has 5 nitrogen and oxygen atoms in total. The van der Waals surface area contributed by atoms with Crippen LogP contribution in [0.25, 0.3) is 0 Å². The second kappa shape index (κ2) is 9.16. The summed E-state index contributed by atoms with van der Waals surface area (Å²) in [6.45, 7) is 4.57. The normalized spacial score (nSPS) is 13.5. The minimum atomic E-state index is -2.18. The summed E-state index contributed by atoms with van der Waals surface area (Å²) in [5, 5.41) is 23.1. The molecular weight excluding hydrogens is 454 g/mol. The predicted molar refractivity (Wildman–Crippen MR) is 122 cm³/mol. The van der Waals surface area contributed by atoms with Crippen LogP contribution in [0.2, 0.25) is 10.0 Å². The van der Waals surface area contributed by atoms with Gasteiger partial charge >= 0.3 is 0 Å². The first-order valence-corrected chi connectivity index (χ1v) is 10.6. The van der Waals surface area contributed by atoms with Gasteiger partial charge in [0.15, 0.2) is 5.72 Å². The Morgan fingerprint density at radius 1 is 1.03 bits per heavy atom. The van der Waals surface area contributed by atoms with Crippen molar-refractivity contribution in [1.82, 2.24) is 9.88 Å². The molecule has 0 saturated heterocycles. The number of hydrogen-bond acceptors (Lipinski definition) is 4. The molecule has 8 heteroatoms. The number of aliphatic hydroxyl groups is 2. The summed E-state index contributed by atoms with van der Waals surface area (Å²) in [6.07, 6.45) is 1.86. The van der Waals surface area contributed by atoms with E-state index in [1.54, 1.807) is 37.3 Å². The van der Waals surface area contributed by atoms with Crippen molar-refractivity contribution >= 4 is 29.6 Å². The van der Waals surface area contributed by atoms with Crippen LogP contribution in [0.15, 0.2) is 54.7 Å². The second-order valence-corrected chi connectivity index (χ2v) is 8.96. The van der Waals surface area contributed by atoms with Gasteiger partial charge in [0, 0.05) is 22.3 Å². The van der Waals surface area contributed by atoms with Crippen LogP contribution in [0.3, 0.4) is 0 Å². The molecule has 1 heterocycles. The van der Waals surface area contributed by atoms with Crippen molar-refractivity contribution in [2.45, 2.75) is 38.6 Å². The number of carbonyl (C=O) groups excluding carboxylic acids is 1. The topological polar surface area (TPSA) is 73.7 Å². The Labute approximate surface area is 196 Å². The summed E-state index contributed by atoms with van der Waals surface area (Å²) < 4.78 is 15.5. The molecule has 3 aromatic rings. The molecule has 0 aliphatic carbocycles. The van der Waals surface area contributed by atoms with Gasteiger partial charge in [0.2, 0.25) is 6.41 Å². The predicted octanol–water partition coefficient (Wildman–Crippen LogP) is 4.92. The Hall–Kier alpha value is -2.51. The van der Waals surface area contributed by atoms with Crippen LogP contribution in [0, 0.1) is 12.7 Å². The molecule has 1 atom stereocenters. The molecule has 2 N–H and O–H groups in total. The Morgan fingerprint density at radius 2 is 1.66 bits per heavy atom. The molecule has 1 amide bonds. The number of benzene rings is 2. The number of nitrogens with zero attached hydrogens (tertiary/aromatic N) is 2.